The van der Waals surface area contributed by atoms with Gasteiger partial charge in [0, 0.05) is 30.6 Å². The minimum absolute atomic E-state index is 0. The Morgan fingerprint density at radius 1 is 1.13 bits per heavy atom. The molecule has 0 aromatic carbocycles. The molecule has 0 aliphatic carbocycles. The fourth-order valence-electron chi connectivity index (χ4n) is 3.72. The lowest BCUT2D eigenvalue weighted by Gasteiger charge is -2.40. The third kappa shape index (κ3) is 4.29. The first kappa shape index (κ1) is 20.9. The molecule has 2 saturated heterocycles. The molecule has 2 aliphatic heterocycles. The molecule has 3 rings (SSSR count). The number of thioether (sulfide) groups is 1. The average molecular weight is 382 g/mol. The van der Waals surface area contributed by atoms with Gasteiger partial charge in [0.25, 0.3) is 0 Å². The highest BCUT2D eigenvalue weighted by Crippen LogP contribution is 2.35. The first-order valence-corrected chi connectivity index (χ1v) is 11.2. The molecule has 8 heteroatoms. The van der Waals surface area contributed by atoms with Gasteiger partial charge in [0.2, 0.25) is 0 Å². The molecular formula is C15H27NO4S3. The van der Waals surface area contributed by atoms with Crippen molar-refractivity contribution >= 4 is 32.9 Å². The molecule has 0 saturated carbocycles. The van der Waals surface area contributed by atoms with Crippen molar-refractivity contribution in [1.82, 2.24) is 4.90 Å². The Morgan fingerprint density at radius 3 is 2.35 bits per heavy atom. The summed E-state index contributed by atoms with van der Waals surface area (Å²) in [6.45, 7) is 6.67. The molecule has 1 aromatic heterocycles. The van der Waals surface area contributed by atoms with E-state index in [9.17, 15) is 8.42 Å². The summed E-state index contributed by atoms with van der Waals surface area (Å²) in [6.07, 6.45) is 1.26. The topological polar surface area (TPSA) is 100 Å². The van der Waals surface area contributed by atoms with Crippen LogP contribution in [0.5, 0.6) is 0 Å². The van der Waals surface area contributed by atoms with Crippen molar-refractivity contribution in [3.8, 4) is 0 Å². The summed E-state index contributed by atoms with van der Waals surface area (Å²) >= 11 is 3.15. The van der Waals surface area contributed by atoms with Crippen LogP contribution in [0.2, 0.25) is 0 Å². The molecule has 0 spiro atoms. The zero-order valence-corrected chi connectivity index (χ0v) is 16.0. The van der Waals surface area contributed by atoms with Gasteiger partial charge in [0.1, 0.15) is 4.21 Å². The van der Waals surface area contributed by atoms with Gasteiger partial charge < -0.3 is 11.0 Å². The maximum atomic E-state index is 12.9. The van der Waals surface area contributed by atoms with Gasteiger partial charge in [-0.25, -0.2) is 8.42 Å². The van der Waals surface area contributed by atoms with E-state index < -0.39 is 9.84 Å². The molecule has 0 radical (unpaired) electrons. The van der Waals surface area contributed by atoms with E-state index in [2.05, 4.69) is 18.7 Å². The summed E-state index contributed by atoms with van der Waals surface area (Å²) in [5.41, 5.74) is 0. The maximum Gasteiger partial charge on any atom is 0.192 e. The molecule has 0 amide bonds. The number of piperidine rings is 1. The van der Waals surface area contributed by atoms with Crippen molar-refractivity contribution in [1.29, 1.82) is 0 Å². The molecule has 4 atom stereocenters. The van der Waals surface area contributed by atoms with Crippen LogP contribution in [-0.2, 0) is 9.84 Å². The van der Waals surface area contributed by atoms with Crippen LogP contribution in [0.4, 0.5) is 0 Å². The molecule has 23 heavy (non-hydrogen) atoms. The molecule has 0 bridgehead atoms. The van der Waals surface area contributed by atoms with Gasteiger partial charge in [0.15, 0.2) is 9.84 Å². The van der Waals surface area contributed by atoms with Crippen LogP contribution >= 0.6 is 23.1 Å². The molecule has 134 valence electrons. The van der Waals surface area contributed by atoms with Crippen LogP contribution in [-0.4, -0.2) is 60.2 Å². The van der Waals surface area contributed by atoms with Crippen molar-refractivity contribution < 1.29 is 19.4 Å². The van der Waals surface area contributed by atoms with Crippen LogP contribution in [0.1, 0.15) is 20.3 Å². The van der Waals surface area contributed by atoms with Gasteiger partial charge >= 0.3 is 0 Å². The van der Waals surface area contributed by atoms with Crippen molar-refractivity contribution in [2.45, 2.75) is 35.8 Å². The Bertz CT molecular complexity index is 566. The average Bonchev–Trinajstić information content (AvgIpc) is 3.10. The van der Waals surface area contributed by atoms with Gasteiger partial charge in [0.05, 0.1) is 5.25 Å². The molecule has 5 nitrogen and oxygen atoms in total. The summed E-state index contributed by atoms with van der Waals surface area (Å²) in [7, 11) is -3.17. The molecule has 1 aromatic rings. The van der Waals surface area contributed by atoms with Crippen molar-refractivity contribution in [3.05, 3.63) is 17.5 Å². The van der Waals surface area contributed by atoms with Gasteiger partial charge in [-0.1, -0.05) is 19.9 Å². The van der Waals surface area contributed by atoms with E-state index in [1.54, 1.807) is 17.8 Å². The minimum Gasteiger partial charge on any atom is -0.412 e. The Labute approximate surface area is 147 Å². The summed E-state index contributed by atoms with van der Waals surface area (Å²) in [5.74, 6) is 3.03. The van der Waals surface area contributed by atoms with Crippen LogP contribution in [0.3, 0.4) is 0 Å². The van der Waals surface area contributed by atoms with Gasteiger partial charge in [-0.3, -0.25) is 4.90 Å². The fourth-order valence-corrected chi connectivity index (χ4v) is 8.89. The Hall–Kier alpha value is -0.120. The summed E-state index contributed by atoms with van der Waals surface area (Å²) in [6, 6.07) is 3.77. The first-order chi connectivity index (χ1) is 9.98. The lowest BCUT2D eigenvalue weighted by molar-refractivity contribution is 0.107. The summed E-state index contributed by atoms with van der Waals surface area (Å²) in [5, 5.41) is 1.62. The van der Waals surface area contributed by atoms with Crippen molar-refractivity contribution in [3.63, 3.8) is 0 Å². The van der Waals surface area contributed by atoms with E-state index in [-0.39, 0.29) is 22.2 Å². The van der Waals surface area contributed by atoms with Crippen LogP contribution in [0.15, 0.2) is 21.7 Å². The van der Waals surface area contributed by atoms with Crippen molar-refractivity contribution in [2.75, 3.05) is 24.6 Å². The Morgan fingerprint density at radius 2 is 1.78 bits per heavy atom. The highest BCUT2D eigenvalue weighted by molar-refractivity contribution is 8.02. The molecule has 2 aliphatic rings. The lowest BCUT2D eigenvalue weighted by Crippen LogP contribution is -2.51. The number of hydrogen-bond acceptors (Lipinski definition) is 5. The van der Waals surface area contributed by atoms with Gasteiger partial charge in [-0.2, -0.15) is 11.8 Å². The number of hydrogen-bond donors (Lipinski definition) is 0. The minimum atomic E-state index is -3.17. The van der Waals surface area contributed by atoms with Gasteiger partial charge in [-0.05, 0) is 29.7 Å². The van der Waals surface area contributed by atoms with Gasteiger partial charge in [-0.15, -0.1) is 11.3 Å². The summed E-state index contributed by atoms with van der Waals surface area (Å²) in [4.78, 5) is 2.45. The molecule has 3 heterocycles. The van der Waals surface area contributed by atoms with Crippen molar-refractivity contribution in [2.24, 2.45) is 11.8 Å². The van der Waals surface area contributed by atoms with E-state index in [1.165, 1.54) is 17.8 Å². The standard InChI is InChI=1S/C15H23NO2S3.2H2O/c1-11-6-12(2)8-16(7-11)13-9-19-10-14(13)21(17,18)15-4-3-5-20-15;;/h3-5,11-14H,6-10H2,1-2H3;2*1H2/t11-,12+,13-,14-;;/m0../s1. The number of likely N-dealkylation sites (tertiary alicyclic amines) is 1. The second kappa shape index (κ2) is 8.31. The third-order valence-corrected chi connectivity index (χ3v) is 9.55. The predicted octanol–water partition coefficient (Wildman–Crippen LogP) is 1.33. The van der Waals surface area contributed by atoms with Crippen LogP contribution in [0.25, 0.3) is 0 Å². The van der Waals surface area contributed by atoms with E-state index in [0.717, 1.165) is 24.6 Å². The normalized spacial score (nSPS) is 32.1. The third-order valence-electron chi connectivity index (χ3n) is 4.54. The molecule has 0 unspecified atom stereocenters. The van der Waals surface area contributed by atoms with Crippen LogP contribution in [0, 0.1) is 11.8 Å². The summed E-state index contributed by atoms with van der Waals surface area (Å²) < 4.78 is 26.3. The largest absolute Gasteiger partial charge is 0.412 e. The number of nitrogens with zero attached hydrogens (tertiary/aromatic N) is 1. The smallest absolute Gasteiger partial charge is 0.192 e. The second-order valence-electron chi connectivity index (χ2n) is 6.52. The molecule has 2 fully saturated rings. The number of rotatable bonds is 3. The SMILES string of the molecule is C[C@@H]1C[C@H](C)CN([C@H]2CSC[C@@H]2S(=O)(=O)c2cccs2)C1.O.O. The quantitative estimate of drug-likeness (QED) is 0.788. The Kier molecular flexibility index (Phi) is 7.56. The van der Waals surface area contributed by atoms with E-state index in [1.807, 2.05) is 11.4 Å². The van der Waals surface area contributed by atoms with E-state index in [0.29, 0.717) is 16.0 Å². The highest BCUT2D eigenvalue weighted by atomic mass is 32.2. The maximum absolute atomic E-state index is 12.9. The number of sulfone groups is 1. The molecule has 4 N–H and O–H groups in total. The first-order valence-electron chi connectivity index (χ1n) is 7.57. The fraction of sp³-hybridized carbons (Fsp3) is 0.733. The van der Waals surface area contributed by atoms with Crippen LogP contribution < -0.4 is 0 Å². The Balaban J connectivity index is 0.00000132. The monoisotopic (exact) mass is 381 g/mol. The number of thiophene rings is 1. The zero-order chi connectivity index (χ0) is 15.0. The van der Waals surface area contributed by atoms with E-state index >= 15 is 0 Å². The second-order valence-corrected chi connectivity index (χ2v) is 10.9. The molecular weight excluding hydrogens is 354 g/mol. The zero-order valence-electron chi connectivity index (χ0n) is 13.6. The lowest BCUT2D eigenvalue weighted by atomic mass is 9.91. The predicted molar refractivity (Wildman–Crippen MR) is 98.2 cm³/mol. The highest BCUT2D eigenvalue weighted by Gasteiger charge is 2.43. The van der Waals surface area contributed by atoms with E-state index in [4.69, 9.17) is 0 Å².